The van der Waals surface area contributed by atoms with Gasteiger partial charge in [0.1, 0.15) is 12.2 Å². The molecule has 0 amide bonds. The summed E-state index contributed by atoms with van der Waals surface area (Å²) in [6.45, 7) is -0.981. The number of rotatable bonds is 4. The number of hydrogen-bond donors (Lipinski definition) is 2. The second-order valence-electron chi connectivity index (χ2n) is 6.30. The average Bonchev–Trinajstić information content (AvgIpc) is 2.84. The number of fused-ring (bicyclic) bond motifs is 1. The minimum absolute atomic E-state index is 0.443. The summed E-state index contributed by atoms with van der Waals surface area (Å²) in [4.78, 5) is 24.7. The molecule has 0 radical (unpaired) electrons. The fourth-order valence-electron chi connectivity index (χ4n) is 2.84. The largest absolute Gasteiger partial charge is 0.386 e. The van der Waals surface area contributed by atoms with E-state index in [0.717, 1.165) is 0 Å². The van der Waals surface area contributed by atoms with Gasteiger partial charge in [0.05, 0.1) is 18.9 Å². The molecule has 0 aromatic carbocycles. The molecule has 2 aliphatic rings. The van der Waals surface area contributed by atoms with Gasteiger partial charge in [-0.05, 0) is 25.7 Å². The summed E-state index contributed by atoms with van der Waals surface area (Å²) in [5.41, 5.74) is -4.92. The molecule has 0 saturated carbocycles. The lowest BCUT2D eigenvalue weighted by atomic mass is 9.96. The van der Waals surface area contributed by atoms with E-state index in [1.807, 2.05) is 0 Å². The Morgan fingerprint density at radius 2 is 2.15 bits per heavy atom. The highest BCUT2D eigenvalue weighted by molar-refractivity contribution is 8.07. The van der Waals surface area contributed by atoms with Crippen LogP contribution in [0.2, 0.25) is 0 Å². The van der Waals surface area contributed by atoms with E-state index in [2.05, 4.69) is 0 Å². The summed E-state index contributed by atoms with van der Waals surface area (Å²) in [6, 6.07) is 0. The molecular formula is C13H16F3N2O7PS. The Balaban J connectivity index is 2.01. The summed E-state index contributed by atoms with van der Waals surface area (Å²) >= 11 is 5.12. The lowest BCUT2D eigenvalue weighted by Crippen LogP contribution is -2.56. The van der Waals surface area contributed by atoms with E-state index in [9.17, 15) is 27.9 Å². The van der Waals surface area contributed by atoms with Gasteiger partial charge in [0, 0.05) is 0 Å². The number of aromatic amines is 1. The minimum Gasteiger partial charge on any atom is -0.386 e. The van der Waals surface area contributed by atoms with Gasteiger partial charge < -0.3 is 18.9 Å². The molecule has 0 aliphatic carbocycles. The maximum absolute atomic E-state index is 13.8. The Morgan fingerprint density at radius 3 is 2.74 bits per heavy atom. The van der Waals surface area contributed by atoms with Crippen LogP contribution in [-0.4, -0.2) is 51.6 Å². The van der Waals surface area contributed by atoms with Crippen molar-refractivity contribution in [2.45, 2.75) is 50.4 Å². The van der Waals surface area contributed by atoms with Crippen LogP contribution < -0.4 is 11.2 Å². The first-order chi connectivity index (χ1) is 12.5. The van der Waals surface area contributed by atoms with Crippen LogP contribution in [0.1, 0.15) is 20.1 Å². The number of aromatic nitrogens is 2. The molecule has 2 saturated heterocycles. The van der Waals surface area contributed by atoms with Gasteiger partial charge in [0.25, 0.3) is 12.0 Å². The normalized spacial score (nSPS) is 36.4. The molecule has 0 bridgehead atoms. The quantitative estimate of drug-likeness (QED) is 0.667. The van der Waals surface area contributed by atoms with Crippen molar-refractivity contribution in [3.63, 3.8) is 0 Å². The molecule has 0 spiro atoms. The van der Waals surface area contributed by atoms with Gasteiger partial charge in [0.2, 0.25) is 5.82 Å². The number of ether oxygens (including phenoxy) is 1. The maximum Gasteiger partial charge on any atom is 0.330 e. The minimum atomic E-state index is -3.47. The molecular weight excluding hydrogens is 416 g/mol. The first-order valence-electron chi connectivity index (χ1n) is 7.75. The number of H-pyrrole nitrogens is 1. The molecule has 27 heavy (non-hydrogen) atoms. The van der Waals surface area contributed by atoms with Gasteiger partial charge in [-0.2, -0.15) is 4.39 Å². The van der Waals surface area contributed by atoms with Crippen molar-refractivity contribution in [3.8, 4) is 0 Å². The maximum atomic E-state index is 13.8. The molecule has 2 N–H and O–H groups in total. The second kappa shape index (κ2) is 7.07. The zero-order valence-electron chi connectivity index (χ0n) is 14.0. The Labute approximate surface area is 155 Å². The number of alkyl halides is 2. The molecule has 9 nitrogen and oxygen atoms in total. The summed E-state index contributed by atoms with van der Waals surface area (Å²) < 4.78 is 62.8. The molecule has 3 heterocycles. The molecule has 1 aromatic rings. The van der Waals surface area contributed by atoms with Gasteiger partial charge in [-0.3, -0.25) is 18.9 Å². The Hall–Kier alpha value is -1.08. The molecule has 14 heteroatoms. The first-order valence-corrected chi connectivity index (χ1v) is 10.3. The lowest BCUT2D eigenvalue weighted by Gasteiger charge is -2.41. The van der Waals surface area contributed by atoms with E-state index in [0.29, 0.717) is 10.8 Å². The third-order valence-electron chi connectivity index (χ3n) is 4.02. The van der Waals surface area contributed by atoms with Gasteiger partial charge in [-0.15, -0.1) is 0 Å². The lowest BCUT2D eigenvalue weighted by molar-refractivity contribution is -0.204. The molecule has 2 aliphatic heterocycles. The van der Waals surface area contributed by atoms with E-state index < -0.39 is 67.0 Å². The monoisotopic (exact) mass is 432 g/mol. The van der Waals surface area contributed by atoms with E-state index in [1.165, 1.54) is 0 Å². The third-order valence-corrected chi connectivity index (χ3v) is 6.47. The van der Waals surface area contributed by atoms with Gasteiger partial charge >= 0.3 is 12.4 Å². The van der Waals surface area contributed by atoms with Gasteiger partial charge in [0.15, 0.2) is 11.8 Å². The predicted molar refractivity (Wildman–Crippen MR) is 87.5 cm³/mol. The predicted octanol–water partition coefficient (Wildman–Crippen LogP) is 0.634. The SMILES string of the molecule is CC(C)OP1(=S)OC[C@@]2(C(F)F)O[C@@H](n3cc(F)c(=O)[nH]c3=O)C(O)[C@@H]2O1. The van der Waals surface area contributed by atoms with E-state index >= 15 is 0 Å². The highest BCUT2D eigenvalue weighted by Gasteiger charge is 2.66. The fraction of sp³-hybridized carbons (Fsp3) is 0.692. The van der Waals surface area contributed by atoms with E-state index in [1.54, 1.807) is 18.8 Å². The van der Waals surface area contributed by atoms with Crippen molar-refractivity contribution >= 4 is 18.5 Å². The van der Waals surface area contributed by atoms with Crippen LogP contribution >= 0.6 is 6.72 Å². The topological polar surface area (TPSA) is 112 Å². The van der Waals surface area contributed by atoms with Crippen molar-refractivity contribution < 1.29 is 36.6 Å². The Kier molecular flexibility index (Phi) is 5.40. The molecule has 2 fully saturated rings. The van der Waals surface area contributed by atoms with E-state index in [4.69, 9.17) is 30.1 Å². The number of hydrogen-bond acceptors (Lipinski definition) is 8. The Morgan fingerprint density at radius 1 is 1.48 bits per heavy atom. The van der Waals surface area contributed by atoms with Crippen molar-refractivity contribution in [2.24, 2.45) is 0 Å². The van der Waals surface area contributed by atoms with Crippen molar-refractivity contribution in [1.29, 1.82) is 0 Å². The summed E-state index contributed by atoms with van der Waals surface area (Å²) in [7, 11) is 0. The van der Waals surface area contributed by atoms with Crippen LogP contribution in [-0.2, 0) is 30.1 Å². The van der Waals surface area contributed by atoms with Crippen LogP contribution in [0.15, 0.2) is 15.8 Å². The molecule has 5 atom stereocenters. The smallest absolute Gasteiger partial charge is 0.330 e. The number of aliphatic hydroxyl groups is 1. The van der Waals surface area contributed by atoms with Crippen molar-refractivity contribution in [3.05, 3.63) is 32.9 Å². The molecule has 1 aromatic heterocycles. The van der Waals surface area contributed by atoms with Crippen LogP contribution in [0.4, 0.5) is 13.2 Å². The van der Waals surface area contributed by atoms with E-state index in [-0.39, 0.29) is 0 Å². The average molecular weight is 432 g/mol. The van der Waals surface area contributed by atoms with Crippen LogP contribution in [0.5, 0.6) is 0 Å². The zero-order valence-corrected chi connectivity index (χ0v) is 15.7. The highest BCUT2D eigenvalue weighted by Crippen LogP contribution is 2.61. The number of nitrogens with one attached hydrogen (secondary N) is 1. The molecule has 2 unspecified atom stereocenters. The van der Waals surface area contributed by atoms with Gasteiger partial charge in [-0.25, -0.2) is 13.6 Å². The highest BCUT2D eigenvalue weighted by atomic mass is 32.5. The summed E-state index contributed by atoms with van der Waals surface area (Å²) in [5, 5.41) is 10.5. The number of aliphatic hydroxyl groups excluding tert-OH is 1. The molecule has 152 valence electrons. The fourth-order valence-corrected chi connectivity index (χ4v) is 5.42. The van der Waals surface area contributed by atoms with Crippen LogP contribution in [0.3, 0.4) is 0 Å². The van der Waals surface area contributed by atoms with Crippen molar-refractivity contribution in [2.75, 3.05) is 6.61 Å². The summed E-state index contributed by atoms with van der Waals surface area (Å²) in [5.74, 6) is -1.36. The zero-order chi connectivity index (χ0) is 20.1. The van der Waals surface area contributed by atoms with Crippen LogP contribution in [0.25, 0.3) is 0 Å². The standard InChI is InChI=1S/C13H16F3N2O7PS/c1-5(2)24-26(27)22-4-13(11(15)16)8(25-26)7(19)10(23-13)18-3-6(14)9(20)17-12(18)21/h3,5,7-8,10-11,19H,4H2,1-2H3,(H,17,20,21)/t7?,8-,10+,13+,26?/m0/s1. The number of nitrogens with zero attached hydrogens (tertiary/aromatic N) is 1. The summed E-state index contributed by atoms with van der Waals surface area (Å²) in [6.07, 6.45) is -8.51. The van der Waals surface area contributed by atoms with Crippen molar-refractivity contribution in [1.82, 2.24) is 9.55 Å². The molecule has 3 rings (SSSR count). The number of halogens is 3. The van der Waals surface area contributed by atoms with Gasteiger partial charge in [-0.1, -0.05) is 0 Å². The second-order valence-corrected chi connectivity index (χ2v) is 9.21. The first kappa shape index (κ1) is 20.6. The Bertz CT molecular complexity index is 893. The third kappa shape index (κ3) is 3.53. The van der Waals surface area contributed by atoms with Crippen LogP contribution in [0, 0.1) is 5.82 Å².